The number of rotatable bonds is 6. The van der Waals surface area contributed by atoms with E-state index in [-0.39, 0.29) is 29.8 Å². The van der Waals surface area contributed by atoms with Crippen molar-refractivity contribution in [1.29, 1.82) is 0 Å². The van der Waals surface area contributed by atoms with Crippen molar-refractivity contribution < 1.29 is 13.9 Å². The zero-order chi connectivity index (χ0) is 19.3. The Morgan fingerprint density at radius 3 is 2.86 bits per heavy atom. The lowest BCUT2D eigenvalue weighted by Crippen LogP contribution is -2.47. The van der Waals surface area contributed by atoms with Crippen LogP contribution < -0.4 is 15.4 Å². The Kier molecular flexibility index (Phi) is 7.65. The van der Waals surface area contributed by atoms with Gasteiger partial charge in [-0.25, -0.2) is 14.4 Å². The number of aromatic nitrogens is 1. The molecule has 0 aliphatic carbocycles. The van der Waals surface area contributed by atoms with Crippen LogP contribution in [-0.2, 0) is 11.3 Å². The van der Waals surface area contributed by atoms with Gasteiger partial charge in [0, 0.05) is 24.9 Å². The Bertz CT molecular complexity index is 834. The second kappa shape index (κ2) is 10.2. The molecule has 0 radical (unpaired) electrons. The van der Waals surface area contributed by atoms with Crippen LogP contribution in [0.25, 0.3) is 0 Å². The van der Waals surface area contributed by atoms with Crippen LogP contribution in [0, 0.1) is 5.82 Å². The third-order valence-corrected chi connectivity index (χ3v) is 5.01. The van der Waals surface area contributed by atoms with Gasteiger partial charge in [-0.05, 0) is 43.9 Å². The molecular formula is C21H26FIN4O2. The van der Waals surface area contributed by atoms with Crippen LogP contribution in [0.4, 0.5) is 4.39 Å². The largest absolute Gasteiger partial charge is 0.439 e. The maximum Gasteiger partial charge on any atom is 0.219 e. The van der Waals surface area contributed by atoms with Gasteiger partial charge < -0.3 is 20.1 Å². The molecule has 156 valence electrons. The van der Waals surface area contributed by atoms with Gasteiger partial charge in [-0.1, -0.05) is 12.1 Å². The van der Waals surface area contributed by atoms with Gasteiger partial charge in [0.2, 0.25) is 5.88 Å². The Labute approximate surface area is 187 Å². The van der Waals surface area contributed by atoms with Crippen LogP contribution in [0.1, 0.15) is 31.7 Å². The normalized spacial score (nSPS) is 22.8. The van der Waals surface area contributed by atoms with E-state index in [1.807, 2.05) is 6.07 Å². The number of guanidine groups is 1. The lowest BCUT2D eigenvalue weighted by molar-refractivity contribution is 0.0992. The van der Waals surface area contributed by atoms with Gasteiger partial charge in [-0.3, -0.25) is 0 Å². The van der Waals surface area contributed by atoms with Gasteiger partial charge in [0.05, 0.1) is 24.8 Å². The predicted octanol–water partition coefficient (Wildman–Crippen LogP) is 4.01. The minimum atomic E-state index is -0.340. The number of benzene rings is 1. The number of ether oxygens (including phenoxy) is 2. The third-order valence-electron chi connectivity index (χ3n) is 5.01. The summed E-state index contributed by atoms with van der Waals surface area (Å²) >= 11 is 0. The van der Waals surface area contributed by atoms with Crippen LogP contribution in [0.5, 0.6) is 11.6 Å². The van der Waals surface area contributed by atoms with Gasteiger partial charge in [0.1, 0.15) is 11.6 Å². The number of nitrogens with zero attached hydrogens (tertiary/aromatic N) is 2. The highest BCUT2D eigenvalue weighted by molar-refractivity contribution is 14.0. The van der Waals surface area contributed by atoms with Crippen molar-refractivity contribution in [3.05, 3.63) is 54.0 Å². The van der Waals surface area contributed by atoms with Gasteiger partial charge in [0.15, 0.2) is 5.96 Å². The molecule has 0 amide bonds. The summed E-state index contributed by atoms with van der Waals surface area (Å²) < 4.78 is 24.7. The van der Waals surface area contributed by atoms with Gasteiger partial charge in [-0.2, -0.15) is 0 Å². The van der Waals surface area contributed by atoms with Crippen LogP contribution in [0.15, 0.2) is 47.6 Å². The lowest BCUT2D eigenvalue weighted by atomic mass is 9.96. The van der Waals surface area contributed by atoms with Crippen molar-refractivity contribution in [1.82, 2.24) is 15.6 Å². The number of halogens is 2. The van der Waals surface area contributed by atoms with E-state index in [1.165, 1.54) is 18.6 Å². The molecule has 2 N–H and O–H groups in total. The molecule has 1 aromatic carbocycles. The van der Waals surface area contributed by atoms with Gasteiger partial charge in [-0.15, -0.1) is 24.0 Å². The fraction of sp³-hybridized carbons (Fsp3) is 0.429. The molecule has 3 heterocycles. The quantitative estimate of drug-likeness (QED) is 0.348. The van der Waals surface area contributed by atoms with E-state index in [1.54, 1.807) is 24.4 Å². The summed E-state index contributed by atoms with van der Waals surface area (Å²) in [4.78, 5) is 8.95. The average Bonchev–Trinajstić information content (AvgIpc) is 3.31. The topological polar surface area (TPSA) is 67.8 Å². The number of aliphatic imine (C=N–C) groups is 1. The van der Waals surface area contributed by atoms with E-state index >= 15 is 0 Å². The van der Waals surface area contributed by atoms with E-state index in [0.717, 1.165) is 30.9 Å². The fourth-order valence-electron chi connectivity index (χ4n) is 3.67. The van der Waals surface area contributed by atoms with Crippen molar-refractivity contribution in [2.45, 2.75) is 51.0 Å². The summed E-state index contributed by atoms with van der Waals surface area (Å²) in [5, 5.41) is 6.79. The number of pyridine rings is 1. The van der Waals surface area contributed by atoms with Crippen LogP contribution in [0.3, 0.4) is 0 Å². The summed E-state index contributed by atoms with van der Waals surface area (Å²) in [7, 11) is 0. The molecule has 1 aromatic heterocycles. The van der Waals surface area contributed by atoms with Crippen LogP contribution in [-0.4, -0.2) is 35.7 Å². The van der Waals surface area contributed by atoms with E-state index in [9.17, 15) is 4.39 Å². The Hall–Kier alpha value is -1.94. The predicted molar refractivity (Wildman–Crippen MR) is 120 cm³/mol. The molecule has 8 heteroatoms. The zero-order valence-corrected chi connectivity index (χ0v) is 18.6. The first-order valence-corrected chi connectivity index (χ1v) is 9.78. The monoisotopic (exact) mass is 512 g/mol. The van der Waals surface area contributed by atoms with Gasteiger partial charge in [0.25, 0.3) is 0 Å². The van der Waals surface area contributed by atoms with E-state index in [0.29, 0.717) is 36.4 Å². The molecule has 3 atom stereocenters. The average molecular weight is 512 g/mol. The maximum absolute atomic E-state index is 13.2. The third kappa shape index (κ3) is 5.79. The van der Waals surface area contributed by atoms with Crippen LogP contribution in [0.2, 0.25) is 0 Å². The highest BCUT2D eigenvalue weighted by Gasteiger charge is 2.41. The first-order chi connectivity index (χ1) is 13.7. The molecule has 0 saturated carbocycles. The van der Waals surface area contributed by atoms with Crippen molar-refractivity contribution in [2.75, 3.05) is 6.54 Å². The molecule has 2 aliphatic heterocycles. The molecule has 6 nitrogen and oxygen atoms in total. The lowest BCUT2D eigenvalue weighted by Gasteiger charge is -2.22. The molecule has 2 aliphatic rings. The summed E-state index contributed by atoms with van der Waals surface area (Å²) in [5.41, 5.74) is 0.966. The van der Waals surface area contributed by atoms with E-state index in [2.05, 4.69) is 27.5 Å². The molecule has 2 fully saturated rings. The van der Waals surface area contributed by atoms with E-state index < -0.39 is 0 Å². The van der Waals surface area contributed by atoms with Crippen molar-refractivity contribution in [2.24, 2.45) is 4.99 Å². The summed E-state index contributed by atoms with van der Waals surface area (Å²) in [5.74, 6) is 1.30. The summed E-state index contributed by atoms with van der Waals surface area (Å²) in [6.45, 7) is 3.35. The highest BCUT2D eigenvalue weighted by Crippen LogP contribution is 2.34. The fourth-order valence-corrected chi connectivity index (χ4v) is 3.67. The molecular weight excluding hydrogens is 486 g/mol. The standard InChI is InChI=1S/C21H25FN4O2.HI/c1-2-23-21(26-18-11-17-7-8-19(18)27-17)25-13-14-6-9-20(24-12-14)28-16-5-3-4-15(22)10-16;/h3-6,9-10,12,17-19H,2,7-8,11,13H2,1H3,(H2,23,25,26);1H. The number of fused-ring (bicyclic) bond motifs is 2. The highest BCUT2D eigenvalue weighted by atomic mass is 127. The minimum Gasteiger partial charge on any atom is -0.439 e. The van der Waals surface area contributed by atoms with Crippen molar-refractivity contribution >= 4 is 29.9 Å². The first-order valence-electron chi connectivity index (χ1n) is 9.78. The zero-order valence-electron chi connectivity index (χ0n) is 16.3. The molecule has 4 rings (SSSR count). The number of hydrogen-bond acceptors (Lipinski definition) is 4. The first kappa shape index (κ1) is 21.8. The van der Waals surface area contributed by atoms with Crippen molar-refractivity contribution in [3.8, 4) is 11.6 Å². The summed E-state index contributed by atoms with van der Waals surface area (Å²) in [6.07, 6.45) is 5.77. The molecule has 2 bridgehead atoms. The maximum atomic E-state index is 13.2. The van der Waals surface area contributed by atoms with Crippen molar-refractivity contribution in [3.63, 3.8) is 0 Å². The molecule has 2 saturated heterocycles. The SMILES string of the molecule is CCNC(=NCc1ccc(Oc2cccc(F)c2)nc1)NC1CC2CCC1O2.I. The summed E-state index contributed by atoms with van der Waals surface area (Å²) in [6, 6.07) is 10.0. The van der Waals surface area contributed by atoms with Crippen LogP contribution >= 0.6 is 24.0 Å². The Morgan fingerprint density at radius 1 is 1.31 bits per heavy atom. The molecule has 2 aromatic rings. The number of nitrogens with one attached hydrogen (secondary N) is 2. The molecule has 29 heavy (non-hydrogen) atoms. The van der Waals surface area contributed by atoms with Gasteiger partial charge >= 0.3 is 0 Å². The second-order valence-electron chi connectivity index (χ2n) is 7.12. The number of hydrogen-bond donors (Lipinski definition) is 2. The molecule has 3 unspecified atom stereocenters. The second-order valence-corrected chi connectivity index (χ2v) is 7.12. The van der Waals surface area contributed by atoms with E-state index in [4.69, 9.17) is 9.47 Å². The Balaban J connectivity index is 0.00000240. The Morgan fingerprint density at radius 2 is 2.21 bits per heavy atom. The molecule has 0 spiro atoms. The smallest absolute Gasteiger partial charge is 0.219 e. The minimum absolute atomic E-state index is 0.